The molecule has 3 rings (SSSR count). The van der Waals surface area contributed by atoms with Crippen molar-refractivity contribution >= 4 is 21.8 Å². The van der Waals surface area contributed by atoms with Gasteiger partial charge in [0.05, 0.1) is 0 Å². The van der Waals surface area contributed by atoms with Gasteiger partial charge in [-0.3, -0.25) is 0 Å². The maximum atomic E-state index is 12.9. The molecule has 2 unspecified atom stereocenters. The molecule has 0 radical (unpaired) electrons. The summed E-state index contributed by atoms with van der Waals surface area (Å²) in [5.74, 6) is 0. The highest BCUT2D eigenvalue weighted by molar-refractivity contribution is 8.00. The van der Waals surface area contributed by atoms with Crippen molar-refractivity contribution in [1.29, 1.82) is 0 Å². The van der Waals surface area contributed by atoms with Crippen molar-refractivity contribution < 1.29 is 8.42 Å². The molecule has 1 aliphatic carbocycles. The first kappa shape index (κ1) is 15.4. The van der Waals surface area contributed by atoms with E-state index in [0.717, 1.165) is 18.5 Å². The van der Waals surface area contributed by atoms with Crippen LogP contribution in [0, 0.1) is 0 Å². The Hall–Kier alpha value is -0.500. The van der Waals surface area contributed by atoms with Crippen LogP contribution in [0.15, 0.2) is 17.2 Å². The summed E-state index contributed by atoms with van der Waals surface area (Å²) in [4.78, 5) is 0.404. The first-order valence-corrected chi connectivity index (χ1v) is 9.86. The highest BCUT2D eigenvalue weighted by Crippen LogP contribution is 2.38. The Bertz CT molecular complexity index is 612. The van der Waals surface area contributed by atoms with Crippen LogP contribution in [0.3, 0.4) is 0 Å². The fraction of sp³-hybridized carbons (Fsp3) is 0.714. The molecule has 2 atom stereocenters. The smallest absolute Gasteiger partial charge is 0.244 e. The maximum absolute atomic E-state index is 12.9. The van der Waals surface area contributed by atoms with Crippen LogP contribution in [-0.2, 0) is 16.6 Å². The largest absolute Gasteiger partial charge is 0.346 e. The fourth-order valence-corrected chi connectivity index (χ4v) is 6.15. The lowest BCUT2D eigenvalue weighted by atomic mass is 10.4. The third-order valence-corrected chi connectivity index (χ3v) is 7.10. The van der Waals surface area contributed by atoms with E-state index in [4.69, 9.17) is 5.73 Å². The zero-order valence-electron chi connectivity index (χ0n) is 12.5. The van der Waals surface area contributed by atoms with Gasteiger partial charge >= 0.3 is 0 Å². The fourth-order valence-electron chi connectivity index (χ4n) is 2.97. The molecule has 0 aromatic carbocycles. The number of hydrogen-bond donors (Lipinski definition) is 1. The van der Waals surface area contributed by atoms with Crippen LogP contribution < -0.4 is 5.73 Å². The van der Waals surface area contributed by atoms with Gasteiger partial charge in [0.15, 0.2) is 0 Å². The summed E-state index contributed by atoms with van der Waals surface area (Å²) in [5, 5.41) is 0.672. The van der Waals surface area contributed by atoms with Crippen LogP contribution in [0.4, 0.5) is 0 Å². The number of nitrogens with two attached hydrogens (primary N) is 1. The molecule has 0 bridgehead atoms. The third-order valence-electron chi connectivity index (χ3n) is 4.08. The molecule has 2 heterocycles. The summed E-state index contributed by atoms with van der Waals surface area (Å²) in [6.45, 7) is 5.73. The second-order valence-corrected chi connectivity index (χ2v) is 9.91. The third kappa shape index (κ3) is 3.02. The van der Waals surface area contributed by atoms with E-state index in [1.165, 1.54) is 0 Å². The Balaban J connectivity index is 1.90. The topological polar surface area (TPSA) is 68.3 Å². The van der Waals surface area contributed by atoms with Crippen molar-refractivity contribution in [3.8, 4) is 0 Å². The Morgan fingerprint density at radius 3 is 2.43 bits per heavy atom. The molecule has 7 heteroatoms. The predicted molar refractivity (Wildman–Crippen MR) is 85.9 cm³/mol. The summed E-state index contributed by atoms with van der Waals surface area (Å²) in [6, 6.07) is 2.20. The number of nitrogens with zero attached hydrogens (tertiary/aromatic N) is 2. The Labute approximate surface area is 130 Å². The maximum Gasteiger partial charge on any atom is 0.244 e. The number of rotatable bonds is 4. The molecule has 21 heavy (non-hydrogen) atoms. The molecule has 0 amide bonds. The van der Waals surface area contributed by atoms with Crippen molar-refractivity contribution in [1.82, 2.24) is 8.87 Å². The van der Waals surface area contributed by atoms with Gasteiger partial charge in [-0.25, -0.2) is 8.42 Å². The molecular weight excluding hydrogens is 306 g/mol. The van der Waals surface area contributed by atoms with Gasteiger partial charge in [-0.05, 0) is 18.9 Å². The molecule has 5 nitrogen and oxygen atoms in total. The van der Waals surface area contributed by atoms with E-state index in [1.54, 1.807) is 16.6 Å². The van der Waals surface area contributed by atoms with Gasteiger partial charge in [-0.2, -0.15) is 16.1 Å². The van der Waals surface area contributed by atoms with Gasteiger partial charge in [-0.15, -0.1) is 0 Å². The average molecular weight is 329 g/mol. The lowest BCUT2D eigenvalue weighted by molar-refractivity contribution is 0.405. The minimum atomic E-state index is -3.40. The molecule has 2 fully saturated rings. The van der Waals surface area contributed by atoms with E-state index in [9.17, 15) is 8.42 Å². The number of sulfonamides is 1. The molecule has 1 saturated heterocycles. The van der Waals surface area contributed by atoms with Crippen molar-refractivity contribution in [2.45, 2.75) is 54.7 Å². The summed E-state index contributed by atoms with van der Waals surface area (Å²) in [6.07, 6.45) is 4.03. The summed E-state index contributed by atoms with van der Waals surface area (Å²) in [5.41, 5.74) is 6.68. The zero-order valence-corrected chi connectivity index (χ0v) is 14.2. The highest BCUT2D eigenvalue weighted by Gasteiger charge is 2.34. The number of thioether (sulfide) groups is 1. The van der Waals surface area contributed by atoms with Crippen molar-refractivity contribution in [2.24, 2.45) is 5.73 Å². The van der Waals surface area contributed by atoms with Crippen molar-refractivity contribution in [2.75, 3.05) is 13.1 Å². The lowest BCUT2D eigenvalue weighted by Gasteiger charge is -2.33. The molecule has 1 aromatic rings. The van der Waals surface area contributed by atoms with Gasteiger partial charge in [0.1, 0.15) is 4.90 Å². The van der Waals surface area contributed by atoms with Crippen molar-refractivity contribution in [3.05, 3.63) is 18.0 Å². The monoisotopic (exact) mass is 329 g/mol. The van der Waals surface area contributed by atoms with E-state index in [2.05, 4.69) is 18.4 Å². The first-order valence-electron chi connectivity index (χ1n) is 7.48. The van der Waals surface area contributed by atoms with Crippen LogP contribution in [0.2, 0.25) is 0 Å². The molecule has 1 aromatic heterocycles. The summed E-state index contributed by atoms with van der Waals surface area (Å²) in [7, 11) is -3.40. The van der Waals surface area contributed by atoms with Crippen molar-refractivity contribution in [3.63, 3.8) is 0 Å². The Morgan fingerprint density at radius 2 is 1.90 bits per heavy atom. The summed E-state index contributed by atoms with van der Waals surface area (Å²) >= 11 is 1.85. The average Bonchev–Trinajstić information content (AvgIpc) is 3.16. The Morgan fingerprint density at radius 1 is 1.29 bits per heavy atom. The minimum absolute atomic E-state index is 0.336. The minimum Gasteiger partial charge on any atom is -0.346 e. The second kappa shape index (κ2) is 5.61. The zero-order chi connectivity index (χ0) is 15.2. The van der Waals surface area contributed by atoms with Crippen LogP contribution in [-0.4, -0.2) is 40.9 Å². The summed E-state index contributed by atoms with van der Waals surface area (Å²) < 4.78 is 29.4. The van der Waals surface area contributed by atoms with E-state index in [1.807, 2.05) is 11.8 Å². The van der Waals surface area contributed by atoms with E-state index in [-0.39, 0.29) is 0 Å². The standard InChI is InChI=1S/C14H23N3O2S2/c1-10-7-16(8-11(2)20-10)21(18,19)14-5-13(6-15)17(9-14)12-3-4-12/h5,9-12H,3-4,6-8,15H2,1-2H3. The Kier molecular flexibility index (Phi) is 4.11. The van der Waals surface area contributed by atoms with Crippen LogP contribution >= 0.6 is 11.8 Å². The predicted octanol–water partition coefficient (Wildman–Crippen LogP) is 1.80. The van der Waals surface area contributed by atoms with Gasteiger partial charge in [0.2, 0.25) is 10.0 Å². The molecule has 1 aliphatic heterocycles. The molecular formula is C14H23N3O2S2. The lowest BCUT2D eigenvalue weighted by Crippen LogP contribution is -2.43. The first-order chi connectivity index (χ1) is 9.91. The molecule has 2 N–H and O–H groups in total. The highest BCUT2D eigenvalue weighted by atomic mass is 32.2. The van der Waals surface area contributed by atoms with Gasteiger partial charge in [-0.1, -0.05) is 13.8 Å². The number of aromatic nitrogens is 1. The van der Waals surface area contributed by atoms with Crippen LogP contribution in [0.1, 0.15) is 38.4 Å². The molecule has 2 aliphatic rings. The molecule has 0 spiro atoms. The van der Waals surface area contributed by atoms with E-state index < -0.39 is 10.0 Å². The van der Waals surface area contributed by atoms with Crippen LogP contribution in [0.25, 0.3) is 0 Å². The molecule has 118 valence electrons. The van der Waals surface area contributed by atoms with E-state index in [0.29, 0.717) is 41.1 Å². The van der Waals surface area contributed by atoms with Gasteiger partial charge < -0.3 is 10.3 Å². The molecule has 1 saturated carbocycles. The van der Waals surface area contributed by atoms with Crippen LogP contribution in [0.5, 0.6) is 0 Å². The van der Waals surface area contributed by atoms with E-state index >= 15 is 0 Å². The normalized spacial score (nSPS) is 28.0. The van der Waals surface area contributed by atoms with Gasteiger partial charge in [0.25, 0.3) is 0 Å². The SMILES string of the molecule is CC1CN(S(=O)(=O)c2cc(CN)n(C3CC3)c2)CC(C)S1. The van der Waals surface area contributed by atoms with Gasteiger partial charge in [0, 0.05) is 48.1 Å². The quantitative estimate of drug-likeness (QED) is 0.914. The number of hydrogen-bond acceptors (Lipinski definition) is 4. The second-order valence-electron chi connectivity index (χ2n) is 6.09.